The van der Waals surface area contributed by atoms with Crippen molar-refractivity contribution >= 4 is 17.5 Å². The number of nitrogens with zero attached hydrogens (tertiary/aromatic N) is 3. The first-order valence-electron chi connectivity index (χ1n) is 9.30. The zero-order valence-electron chi connectivity index (χ0n) is 15.0. The van der Waals surface area contributed by atoms with Crippen LogP contribution in [0.3, 0.4) is 0 Å². The number of hydrogen-bond acceptors (Lipinski definition) is 3. The van der Waals surface area contributed by atoms with Gasteiger partial charge in [-0.3, -0.25) is 9.59 Å². The highest BCUT2D eigenvalue weighted by Gasteiger charge is 2.41. The van der Waals surface area contributed by atoms with Crippen LogP contribution in [0, 0.1) is 17.2 Å². The highest BCUT2D eigenvalue weighted by Crippen LogP contribution is 2.33. The molecule has 0 radical (unpaired) electrons. The molecule has 1 aliphatic heterocycles. The monoisotopic (exact) mass is 359 g/mol. The standard InChI is InChI=1S/C22H21N3O2/c23-13-17-6-10-19(11-7-17)24-14-20(12-16-4-2-1-3-5-16)25(15-21(24)26)22(27)18-8-9-18/h1-7,10-11,18,20H,8-9,12,14-15H2/t20-/m0/s1. The minimum atomic E-state index is -0.0713. The molecule has 4 rings (SSSR count). The maximum absolute atomic E-state index is 12.8. The van der Waals surface area contributed by atoms with E-state index in [1.807, 2.05) is 18.2 Å². The number of carbonyl (C=O) groups excluding carboxylic acids is 2. The molecule has 136 valence electrons. The molecule has 2 aromatic rings. The van der Waals surface area contributed by atoms with Gasteiger partial charge in [-0.15, -0.1) is 0 Å². The summed E-state index contributed by atoms with van der Waals surface area (Å²) >= 11 is 0. The lowest BCUT2D eigenvalue weighted by Gasteiger charge is -2.41. The average molecular weight is 359 g/mol. The van der Waals surface area contributed by atoms with Gasteiger partial charge in [0, 0.05) is 18.2 Å². The molecule has 0 N–H and O–H groups in total. The van der Waals surface area contributed by atoms with E-state index >= 15 is 0 Å². The fourth-order valence-corrected chi connectivity index (χ4v) is 3.62. The second-order valence-electron chi connectivity index (χ2n) is 7.25. The summed E-state index contributed by atoms with van der Waals surface area (Å²) in [6.45, 7) is 0.588. The fourth-order valence-electron chi connectivity index (χ4n) is 3.62. The van der Waals surface area contributed by atoms with Gasteiger partial charge in [0.25, 0.3) is 0 Å². The molecule has 2 amide bonds. The molecule has 27 heavy (non-hydrogen) atoms. The number of nitriles is 1. The SMILES string of the molecule is N#Cc1ccc(N2C[C@H](Cc3ccccc3)N(C(=O)C3CC3)CC2=O)cc1. The normalized spacial score (nSPS) is 19.7. The van der Waals surface area contributed by atoms with Crippen LogP contribution in [0.2, 0.25) is 0 Å². The molecule has 1 saturated carbocycles. The zero-order valence-corrected chi connectivity index (χ0v) is 15.0. The highest BCUT2D eigenvalue weighted by atomic mass is 16.2. The van der Waals surface area contributed by atoms with Crippen molar-refractivity contribution in [2.45, 2.75) is 25.3 Å². The molecule has 1 saturated heterocycles. The lowest BCUT2D eigenvalue weighted by molar-refractivity contribution is -0.140. The molecule has 0 spiro atoms. The summed E-state index contributed by atoms with van der Waals surface area (Å²) < 4.78 is 0. The quantitative estimate of drug-likeness (QED) is 0.843. The molecule has 1 aliphatic carbocycles. The molecule has 0 unspecified atom stereocenters. The average Bonchev–Trinajstić information content (AvgIpc) is 3.55. The molecule has 2 fully saturated rings. The van der Waals surface area contributed by atoms with Gasteiger partial charge in [-0.2, -0.15) is 5.26 Å². The topological polar surface area (TPSA) is 64.4 Å². The van der Waals surface area contributed by atoms with Crippen LogP contribution < -0.4 is 4.90 Å². The second-order valence-corrected chi connectivity index (χ2v) is 7.25. The van der Waals surface area contributed by atoms with E-state index in [9.17, 15) is 9.59 Å². The number of amides is 2. The van der Waals surface area contributed by atoms with Crippen LogP contribution in [-0.4, -0.2) is 35.8 Å². The lowest BCUT2D eigenvalue weighted by atomic mass is 10.0. The maximum atomic E-state index is 12.8. The van der Waals surface area contributed by atoms with Crippen molar-refractivity contribution in [3.63, 3.8) is 0 Å². The Morgan fingerprint density at radius 1 is 1.07 bits per heavy atom. The van der Waals surface area contributed by atoms with E-state index in [2.05, 4.69) is 18.2 Å². The Morgan fingerprint density at radius 2 is 1.78 bits per heavy atom. The minimum absolute atomic E-state index is 0.0474. The van der Waals surface area contributed by atoms with Crippen molar-refractivity contribution in [1.29, 1.82) is 5.26 Å². The summed E-state index contributed by atoms with van der Waals surface area (Å²) in [6.07, 6.45) is 2.58. The smallest absolute Gasteiger partial charge is 0.246 e. The van der Waals surface area contributed by atoms with E-state index in [4.69, 9.17) is 5.26 Å². The summed E-state index contributed by atoms with van der Waals surface area (Å²) in [6, 6.07) is 19.2. The minimum Gasteiger partial charge on any atom is -0.328 e. The van der Waals surface area contributed by atoms with E-state index in [0.29, 0.717) is 12.1 Å². The largest absolute Gasteiger partial charge is 0.328 e. The van der Waals surface area contributed by atoms with Crippen LogP contribution in [-0.2, 0) is 16.0 Å². The van der Waals surface area contributed by atoms with Crippen molar-refractivity contribution in [2.75, 3.05) is 18.0 Å². The number of benzene rings is 2. The van der Waals surface area contributed by atoms with Gasteiger partial charge in [-0.1, -0.05) is 30.3 Å². The number of piperazine rings is 1. The molecule has 1 atom stereocenters. The Morgan fingerprint density at radius 3 is 2.41 bits per heavy atom. The third-order valence-electron chi connectivity index (χ3n) is 5.27. The molecule has 0 bridgehead atoms. The van der Waals surface area contributed by atoms with Crippen molar-refractivity contribution in [3.05, 3.63) is 65.7 Å². The molecule has 0 aromatic heterocycles. The van der Waals surface area contributed by atoms with Gasteiger partial charge in [-0.05, 0) is 49.1 Å². The van der Waals surface area contributed by atoms with Crippen molar-refractivity contribution in [2.24, 2.45) is 5.92 Å². The molecule has 5 heteroatoms. The van der Waals surface area contributed by atoms with Crippen LogP contribution in [0.1, 0.15) is 24.0 Å². The molecule has 2 aliphatic rings. The van der Waals surface area contributed by atoms with E-state index in [1.165, 1.54) is 0 Å². The molecular formula is C22H21N3O2. The van der Waals surface area contributed by atoms with Crippen molar-refractivity contribution < 1.29 is 9.59 Å². The van der Waals surface area contributed by atoms with Gasteiger partial charge < -0.3 is 9.80 Å². The molecule has 1 heterocycles. The van der Waals surface area contributed by atoms with Gasteiger partial charge in [-0.25, -0.2) is 0 Å². The van der Waals surface area contributed by atoms with E-state index in [1.54, 1.807) is 34.1 Å². The second kappa shape index (κ2) is 7.24. The Labute approximate surface area is 158 Å². The van der Waals surface area contributed by atoms with Crippen LogP contribution in [0.15, 0.2) is 54.6 Å². The van der Waals surface area contributed by atoms with Gasteiger partial charge in [0.05, 0.1) is 17.7 Å². The van der Waals surface area contributed by atoms with Crippen LogP contribution in [0.25, 0.3) is 0 Å². The van der Waals surface area contributed by atoms with Gasteiger partial charge in [0.15, 0.2) is 0 Å². The van der Waals surface area contributed by atoms with Gasteiger partial charge >= 0.3 is 0 Å². The maximum Gasteiger partial charge on any atom is 0.246 e. The third kappa shape index (κ3) is 3.70. The first-order chi connectivity index (χ1) is 13.2. The first-order valence-corrected chi connectivity index (χ1v) is 9.30. The predicted octanol–water partition coefficient (Wildman–Crippen LogP) is 2.75. The zero-order chi connectivity index (χ0) is 18.8. The Kier molecular flexibility index (Phi) is 4.64. The molecule has 2 aromatic carbocycles. The van der Waals surface area contributed by atoms with Crippen LogP contribution in [0.5, 0.6) is 0 Å². The summed E-state index contributed by atoms with van der Waals surface area (Å²) in [5.41, 5.74) is 2.50. The van der Waals surface area contributed by atoms with E-state index in [0.717, 1.165) is 30.5 Å². The Hall–Kier alpha value is -3.13. The summed E-state index contributed by atoms with van der Waals surface area (Å²) in [5.74, 6) is 0.138. The molecule has 5 nitrogen and oxygen atoms in total. The summed E-state index contributed by atoms with van der Waals surface area (Å²) in [5, 5.41) is 8.98. The molecular weight excluding hydrogens is 338 g/mol. The summed E-state index contributed by atoms with van der Waals surface area (Å²) in [4.78, 5) is 29.1. The van der Waals surface area contributed by atoms with Crippen molar-refractivity contribution in [3.8, 4) is 6.07 Å². The third-order valence-corrected chi connectivity index (χ3v) is 5.27. The number of anilines is 1. The highest BCUT2D eigenvalue weighted by molar-refractivity contribution is 5.98. The predicted molar refractivity (Wildman–Crippen MR) is 102 cm³/mol. The summed E-state index contributed by atoms with van der Waals surface area (Å²) in [7, 11) is 0. The van der Waals surface area contributed by atoms with E-state index < -0.39 is 0 Å². The number of hydrogen-bond donors (Lipinski definition) is 0. The van der Waals surface area contributed by atoms with E-state index in [-0.39, 0.29) is 30.3 Å². The number of rotatable bonds is 4. The van der Waals surface area contributed by atoms with Crippen LogP contribution >= 0.6 is 0 Å². The fraction of sp³-hybridized carbons (Fsp3) is 0.318. The number of carbonyl (C=O) groups is 2. The lowest BCUT2D eigenvalue weighted by Crippen LogP contribution is -2.59. The van der Waals surface area contributed by atoms with Gasteiger partial charge in [0.2, 0.25) is 11.8 Å². The van der Waals surface area contributed by atoms with Gasteiger partial charge in [0.1, 0.15) is 6.54 Å². The Bertz CT molecular complexity index is 882. The Balaban J connectivity index is 1.59. The first kappa shape index (κ1) is 17.3. The van der Waals surface area contributed by atoms with Crippen LogP contribution in [0.4, 0.5) is 5.69 Å². The van der Waals surface area contributed by atoms with Crippen molar-refractivity contribution in [1.82, 2.24) is 4.90 Å².